The molecule has 2 heterocycles. The highest BCUT2D eigenvalue weighted by molar-refractivity contribution is 7.11. The number of aryl methyl sites for hydroxylation is 2. The number of thiophene rings is 1. The molecule has 94 valence electrons. The zero-order valence-electron chi connectivity index (χ0n) is 10.6. The van der Waals surface area contributed by atoms with Crippen molar-refractivity contribution in [2.24, 2.45) is 0 Å². The third kappa shape index (κ3) is 2.47. The molecule has 1 aliphatic rings. The van der Waals surface area contributed by atoms with Crippen LogP contribution in [0, 0.1) is 6.92 Å². The third-order valence-corrected chi connectivity index (χ3v) is 4.51. The summed E-state index contributed by atoms with van der Waals surface area (Å²) in [6, 6.07) is 9.09. The Balaban J connectivity index is 1.71. The van der Waals surface area contributed by atoms with Crippen molar-refractivity contribution in [1.82, 2.24) is 10.3 Å². The first-order valence-corrected chi connectivity index (χ1v) is 7.37. The Bertz CT molecular complexity index is 533. The lowest BCUT2D eigenvalue weighted by Gasteiger charge is -2.25. The molecule has 0 spiro atoms. The van der Waals surface area contributed by atoms with E-state index in [4.69, 9.17) is 0 Å². The molecule has 18 heavy (non-hydrogen) atoms. The Kier molecular flexibility index (Phi) is 3.43. The molecule has 0 amide bonds. The number of nitrogens with one attached hydrogen (secondary N) is 1. The predicted octanol–water partition coefficient (Wildman–Crippen LogP) is 3.62. The maximum absolute atomic E-state index is 4.56. The van der Waals surface area contributed by atoms with Gasteiger partial charge >= 0.3 is 0 Å². The van der Waals surface area contributed by atoms with Crippen LogP contribution in [0.2, 0.25) is 0 Å². The van der Waals surface area contributed by atoms with Gasteiger partial charge in [-0.3, -0.25) is 4.98 Å². The standard InChI is InChI=1S/C15H18N2S/c1-11-7-8-13(18-11)10-17-14-6-2-4-12-5-3-9-16-15(12)14/h3,5,7-9,14,17H,2,4,6,10H2,1H3. The quantitative estimate of drug-likeness (QED) is 0.909. The summed E-state index contributed by atoms with van der Waals surface area (Å²) in [6.45, 7) is 3.12. The van der Waals surface area contributed by atoms with Crippen LogP contribution in [0.25, 0.3) is 0 Å². The topological polar surface area (TPSA) is 24.9 Å². The fourth-order valence-electron chi connectivity index (χ4n) is 2.61. The van der Waals surface area contributed by atoms with E-state index in [1.54, 1.807) is 0 Å². The molecular formula is C15H18N2S. The average Bonchev–Trinajstić information content (AvgIpc) is 2.82. The Morgan fingerprint density at radius 2 is 2.33 bits per heavy atom. The largest absolute Gasteiger partial charge is 0.304 e. The van der Waals surface area contributed by atoms with E-state index in [2.05, 4.69) is 35.4 Å². The van der Waals surface area contributed by atoms with Gasteiger partial charge in [0, 0.05) is 22.5 Å². The maximum atomic E-state index is 4.56. The van der Waals surface area contributed by atoms with E-state index < -0.39 is 0 Å². The fraction of sp³-hybridized carbons (Fsp3) is 0.400. The molecule has 0 aliphatic heterocycles. The van der Waals surface area contributed by atoms with E-state index in [1.165, 1.54) is 40.3 Å². The molecule has 0 saturated carbocycles. The molecule has 0 bridgehead atoms. The van der Waals surface area contributed by atoms with Gasteiger partial charge in [0.1, 0.15) is 0 Å². The number of aromatic nitrogens is 1. The van der Waals surface area contributed by atoms with E-state index in [0.717, 1.165) is 6.54 Å². The molecule has 0 saturated heterocycles. The normalized spacial score (nSPS) is 18.6. The molecule has 1 aliphatic carbocycles. The number of nitrogens with zero attached hydrogens (tertiary/aromatic N) is 1. The smallest absolute Gasteiger partial charge is 0.0605 e. The molecule has 1 atom stereocenters. The summed E-state index contributed by atoms with van der Waals surface area (Å²) in [5.74, 6) is 0. The van der Waals surface area contributed by atoms with Crippen LogP contribution >= 0.6 is 11.3 Å². The van der Waals surface area contributed by atoms with Crippen molar-refractivity contribution in [3.63, 3.8) is 0 Å². The monoisotopic (exact) mass is 258 g/mol. The number of hydrogen-bond donors (Lipinski definition) is 1. The van der Waals surface area contributed by atoms with Gasteiger partial charge in [0.25, 0.3) is 0 Å². The van der Waals surface area contributed by atoms with E-state index in [1.807, 2.05) is 23.6 Å². The highest BCUT2D eigenvalue weighted by Crippen LogP contribution is 2.28. The fourth-order valence-corrected chi connectivity index (χ4v) is 3.45. The number of rotatable bonds is 3. The first kappa shape index (κ1) is 11.9. The number of fused-ring (bicyclic) bond motifs is 1. The highest BCUT2D eigenvalue weighted by atomic mass is 32.1. The second kappa shape index (κ2) is 5.21. The minimum absolute atomic E-state index is 0.428. The van der Waals surface area contributed by atoms with Gasteiger partial charge in [0.2, 0.25) is 0 Å². The van der Waals surface area contributed by atoms with Crippen LogP contribution in [0.5, 0.6) is 0 Å². The molecule has 2 nitrogen and oxygen atoms in total. The van der Waals surface area contributed by atoms with Crippen LogP contribution in [0.3, 0.4) is 0 Å². The van der Waals surface area contributed by atoms with Crippen molar-refractivity contribution in [3.8, 4) is 0 Å². The lowest BCUT2D eigenvalue weighted by molar-refractivity contribution is 0.449. The van der Waals surface area contributed by atoms with Crippen molar-refractivity contribution in [3.05, 3.63) is 51.5 Å². The van der Waals surface area contributed by atoms with Crippen molar-refractivity contribution < 1.29 is 0 Å². The summed E-state index contributed by atoms with van der Waals surface area (Å²) in [4.78, 5) is 7.35. The minimum atomic E-state index is 0.428. The third-order valence-electron chi connectivity index (χ3n) is 3.51. The van der Waals surface area contributed by atoms with Crippen molar-refractivity contribution in [1.29, 1.82) is 0 Å². The lowest BCUT2D eigenvalue weighted by Crippen LogP contribution is -2.25. The molecule has 0 aromatic carbocycles. The van der Waals surface area contributed by atoms with Gasteiger partial charge < -0.3 is 5.32 Å². The van der Waals surface area contributed by atoms with E-state index in [9.17, 15) is 0 Å². The molecule has 0 fully saturated rings. The summed E-state index contributed by atoms with van der Waals surface area (Å²) in [5, 5.41) is 3.66. The summed E-state index contributed by atoms with van der Waals surface area (Å²) in [6.07, 6.45) is 5.56. The number of pyridine rings is 1. The Labute approximate surface area is 112 Å². The highest BCUT2D eigenvalue weighted by Gasteiger charge is 2.20. The minimum Gasteiger partial charge on any atom is -0.304 e. The van der Waals surface area contributed by atoms with Crippen molar-refractivity contribution >= 4 is 11.3 Å². The molecule has 3 rings (SSSR count). The van der Waals surface area contributed by atoms with Crippen LogP contribution in [0.4, 0.5) is 0 Å². The molecule has 0 radical (unpaired) electrons. The zero-order chi connectivity index (χ0) is 12.4. The van der Waals surface area contributed by atoms with Crippen LogP contribution < -0.4 is 5.32 Å². The van der Waals surface area contributed by atoms with Gasteiger partial charge in [-0.25, -0.2) is 0 Å². The first-order valence-electron chi connectivity index (χ1n) is 6.55. The van der Waals surface area contributed by atoms with Crippen molar-refractivity contribution in [2.45, 2.75) is 38.8 Å². The summed E-state index contributed by atoms with van der Waals surface area (Å²) < 4.78 is 0. The number of hydrogen-bond acceptors (Lipinski definition) is 3. The predicted molar refractivity (Wildman–Crippen MR) is 75.8 cm³/mol. The molecule has 1 N–H and O–H groups in total. The summed E-state index contributed by atoms with van der Waals surface area (Å²) in [7, 11) is 0. The Morgan fingerprint density at radius 1 is 1.39 bits per heavy atom. The molecule has 1 unspecified atom stereocenters. The lowest BCUT2D eigenvalue weighted by atomic mass is 9.92. The Morgan fingerprint density at radius 3 is 3.17 bits per heavy atom. The van der Waals surface area contributed by atoms with E-state index in [0.29, 0.717) is 6.04 Å². The average molecular weight is 258 g/mol. The van der Waals surface area contributed by atoms with Gasteiger partial charge in [-0.1, -0.05) is 6.07 Å². The van der Waals surface area contributed by atoms with Gasteiger partial charge in [-0.15, -0.1) is 11.3 Å². The summed E-state index contributed by atoms with van der Waals surface area (Å²) >= 11 is 1.87. The molecule has 3 heteroatoms. The van der Waals surface area contributed by atoms with E-state index in [-0.39, 0.29) is 0 Å². The SMILES string of the molecule is Cc1ccc(CNC2CCCc3cccnc32)s1. The first-order chi connectivity index (χ1) is 8.83. The van der Waals surface area contributed by atoms with Gasteiger partial charge in [-0.2, -0.15) is 0 Å². The van der Waals surface area contributed by atoms with Gasteiger partial charge in [0.05, 0.1) is 11.7 Å². The van der Waals surface area contributed by atoms with Crippen LogP contribution in [0.1, 0.15) is 39.9 Å². The second-order valence-corrected chi connectivity index (χ2v) is 6.26. The summed E-state index contributed by atoms with van der Waals surface area (Å²) in [5.41, 5.74) is 2.68. The van der Waals surface area contributed by atoms with Gasteiger partial charge in [0.15, 0.2) is 0 Å². The zero-order valence-corrected chi connectivity index (χ0v) is 11.5. The Hall–Kier alpha value is -1.19. The molecule has 2 aromatic rings. The van der Waals surface area contributed by atoms with Gasteiger partial charge in [-0.05, 0) is 49.9 Å². The van der Waals surface area contributed by atoms with E-state index >= 15 is 0 Å². The van der Waals surface area contributed by atoms with Crippen LogP contribution in [0.15, 0.2) is 30.5 Å². The van der Waals surface area contributed by atoms with Crippen LogP contribution in [-0.4, -0.2) is 4.98 Å². The van der Waals surface area contributed by atoms with Crippen molar-refractivity contribution in [2.75, 3.05) is 0 Å². The molecule has 2 aromatic heterocycles. The second-order valence-electron chi connectivity index (χ2n) is 4.89. The maximum Gasteiger partial charge on any atom is 0.0605 e. The molecular weight excluding hydrogens is 240 g/mol. The van der Waals surface area contributed by atoms with Crippen LogP contribution in [-0.2, 0) is 13.0 Å².